The summed E-state index contributed by atoms with van der Waals surface area (Å²) in [5, 5.41) is 7.23. The molecule has 0 saturated heterocycles. The smallest absolute Gasteiger partial charge is 0.181 e. The molecule has 0 amide bonds. The second kappa shape index (κ2) is 8.15. The van der Waals surface area contributed by atoms with Crippen molar-refractivity contribution in [3.63, 3.8) is 0 Å². The minimum atomic E-state index is -0.376. The number of carbonyl (C=O) groups excluding carboxylic acids is 1. The zero-order valence-electron chi connectivity index (χ0n) is 16.8. The first-order valence-electron chi connectivity index (χ1n) is 9.26. The van der Waals surface area contributed by atoms with E-state index in [0.29, 0.717) is 0 Å². The van der Waals surface area contributed by atoms with Gasteiger partial charge < -0.3 is 10.6 Å². The third kappa shape index (κ3) is 6.08. The van der Waals surface area contributed by atoms with Crippen molar-refractivity contribution < 1.29 is 4.79 Å². The molecule has 3 heteroatoms. The van der Waals surface area contributed by atoms with E-state index in [1.54, 1.807) is 0 Å². The lowest BCUT2D eigenvalue weighted by Gasteiger charge is -2.38. The monoisotopic (exact) mass is 352 g/mol. The predicted molar refractivity (Wildman–Crippen MR) is 110 cm³/mol. The Balaban J connectivity index is 2.49. The number of hydrogen-bond acceptors (Lipinski definition) is 3. The molecule has 0 spiro atoms. The molecule has 3 nitrogen and oxygen atoms in total. The molecule has 2 rings (SSSR count). The lowest BCUT2D eigenvalue weighted by molar-refractivity contribution is 0.0887. The molecule has 0 aromatic heterocycles. The topological polar surface area (TPSA) is 41.1 Å². The second-order valence-electron chi connectivity index (χ2n) is 8.88. The maximum absolute atomic E-state index is 13.4. The number of hydrogen-bond donors (Lipinski definition) is 2. The number of Topliss-reactive ketones (excluding diaryl/α,β-unsaturated/α-hetero) is 1. The van der Waals surface area contributed by atoms with Crippen LogP contribution < -0.4 is 10.6 Å². The van der Waals surface area contributed by atoms with E-state index in [4.69, 9.17) is 0 Å². The molecule has 2 N–H and O–H groups in total. The Bertz CT molecular complexity index is 696. The van der Waals surface area contributed by atoms with Crippen molar-refractivity contribution in [2.24, 2.45) is 0 Å². The van der Waals surface area contributed by atoms with E-state index in [-0.39, 0.29) is 28.9 Å². The molecule has 26 heavy (non-hydrogen) atoms. The van der Waals surface area contributed by atoms with E-state index in [9.17, 15) is 4.79 Å². The van der Waals surface area contributed by atoms with Crippen LogP contribution in [0.1, 0.15) is 63.5 Å². The van der Waals surface area contributed by atoms with Crippen molar-refractivity contribution in [3.05, 3.63) is 71.8 Å². The van der Waals surface area contributed by atoms with Gasteiger partial charge in [-0.05, 0) is 47.1 Å². The maximum atomic E-state index is 13.4. The van der Waals surface area contributed by atoms with Crippen LogP contribution in [0.4, 0.5) is 0 Å². The van der Waals surface area contributed by atoms with E-state index in [1.165, 1.54) is 0 Å². The van der Waals surface area contributed by atoms with Gasteiger partial charge in [-0.2, -0.15) is 0 Å². The number of rotatable bonds is 6. The van der Waals surface area contributed by atoms with Gasteiger partial charge in [0.05, 0.1) is 12.1 Å². The van der Waals surface area contributed by atoms with Crippen molar-refractivity contribution in [3.8, 4) is 0 Å². The van der Waals surface area contributed by atoms with Gasteiger partial charge in [-0.15, -0.1) is 0 Å². The molecular weight excluding hydrogens is 320 g/mol. The molecule has 0 aliphatic carbocycles. The molecule has 2 atom stereocenters. The normalized spacial score (nSPS) is 14.7. The minimum absolute atomic E-state index is 0.103. The number of ketones is 1. The molecule has 0 heterocycles. The van der Waals surface area contributed by atoms with Gasteiger partial charge in [-0.3, -0.25) is 4.79 Å². The summed E-state index contributed by atoms with van der Waals surface area (Å²) in [6.07, 6.45) is 0. The molecule has 0 saturated carbocycles. The fourth-order valence-corrected chi connectivity index (χ4v) is 3.03. The predicted octanol–water partition coefficient (Wildman–Crippen LogP) is 4.76. The third-order valence-corrected chi connectivity index (χ3v) is 4.01. The van der Waals surface area contributed by atoms with Crippen LogP contribution in [0.25, 0.3) is 0 Å². The summed E-state index contributed by atoms with van der Waals surface area (Å²) < 4.78 is 0. The van der Waals surface area contributed by atoms with E-state index in [1.807, 2.05) is 48.5 Å². The molecule has 0 bridgehead atoms. The Morgan fingerprint density at radius 2 is 1.19 bits per heavy atom. The average molecular weight is 353 g/mol. The number of carbonyl (C=O) groups is 1. The van der Waals surface area contributed by atoms with Crippen LogP contribution in [-0.2, 0) is 0 Å². The van der Waals surface area contributed by atoms with Crippen LogP contribution >= 0.6 is 0 Å². The standard InChI is InChI=1S/C23H32N2O/c1-22(2,3)24-19(17-13-9-7-10-14-17)20(25-23(4,5)6)21(26)18-15-11-8-12-16-18/h7-16,19-20,24-25H,1-6H3/t19-,20+/m0/s1. The summed E-state index contributed by atoms with van der Waals surface area (Å²) in [7, 11) is 0. The van der Waals surface area contributed by atoms with Crippen LogP contribution in [0.2, 0.25) is 0 Å². The first-order chi connectivity index (χ1) is 12.1. The fraction of sp³-hybridized carbons (Fsp3) is 0.435. The Hall–Kier alpha value is -1.97. The highest BCUT2D eigenvalue weighted by atomic mass is 16.1. The van der Waals surface area contributed by atoms with Crippen molar-refractivity contribution in [2.45, 2.75) is 64.7 Å². The van der Waals surface area contributed by atoms with Crippen molar-refractivity contribution >= 4 is 5.78 Å². The van der Waals surface area contributed by atoms with Crippen LogP contribution in [-0.4, -0.2) is 22.9 Å². The van der Waals surface area contributed by atoms with Gasteiger partial charge in [0.15, 0.2) is 5.78 Å². The van der Waals surface area contributed by atoms with E-state index < -0.39 is 0 Å². The first kappa shape index (κ1) is 20.3. The zero-order chi connectivity index (χ0) is 19.4. The van der Waals surface area contributed by atoms with Gasteiger partial charge in [-0.1, -0.05) is 60.7 Å². The number of benzene rings is 2. The minimum Gasteiger partial charge on any atom is -0.303 e. The Morgan fingerprint density at radius 3 is 1.65 bits per heavy atom. The maximum Gasteiger partial charge on any atom is 0.181 e. The van der Waals surface area contributed by atoms with Crippen molar-refractivity contribution in [2.75, 3.05) is 0 Å². The van der Waals surface area contributed by atoms with Crippen LogP contribution in [0.5, 0.6) is 0 Å². The molecule has 0 radical (unpaired) electrons. The molecule has 2 aromatic carbocycles. The molecule has 0 fully saturated rings. The van der Waals surface area contributed by atoms with Gasteiger partial charge in [0.25, 0.3) is 0 Å². The molecule has 140 valence electrons. The van der Waals surface area contributed by atoms with Gasteiger partial charge in [0, 0.05) is 16.6 Å². The van der Waals surface area contributed by atoms with Crippen LogP contribution in [0, 0.1) is 0 Å². The second-order valence-corrected chi connectivity index (χ2v) is 8.88. The van der Waals surface area contributed by atoms with Gasteiger partial charge >= 0.3 is 0 Å². The van der Waals surface area contributed by atoms with Gasteiger partial charge in [0.2, 0.25) is 0 Å². The zero-order valence-corrected chi connectivity index (χ0v) is 16.8. The highest BCUT2D eigenvalue weighted by Crippen LogP contribution is 2.25. The Kier molecular flexibility index (Phi) is 6.38. The molecule has 0 aliphatic heterocycles. The highest BCUT2D eigenvalue weighted by molar-refractivity contribution is 6.00. The average Bonchev–Trinajstić information content (AvgIpc) is 2.57. The SMILES string of the molecule is CC(C)(C)N[C@@H](C(=O)c1ccccc1)[C@@H](NC(C)(C)C)c1ccccc1. The summed E-state index contributed by atoms with van der Waals surface area (Å²) in [6.45, 7) is 12.7. The molecule has 2 aromatic rings. The molecular formula is C23H32N2O. The summed E-state index contributed by atoms with van der Waals surface area (Å²) in [6, 6.07) is 19.2. The largest absolute Gasteiger partial charge is 0.303 e. The molecule has 0 aliphatic rings. The lowest BCUT2D eigenvalue weighted by atomic mass is 9.89. The fourth-order valence-electron chi connectivity index (χ4n) is 3.03. The van der Waals surface area contributed by atoms with Gasteiger partial charge in [0.1, 0.15) is 0 Å². The Labute approximate surface area is 158 Å². The first-order valence-corrected chi connectivity index (χ1v) is 9.26. The molecule has 0 unspecified atom stereocenters. The van der Waals surface area contributed by atoms with Crippen LogP contribution in [0.15, 0.2) is 60.7 Å². The quantitative estimate of drug-likeness (QED) is 0.737. The summed E-state index contributed by atoms with van der Waals surface area (Å²) >= 11 is 0. The van der Waals surface area contributed by atoms with Crippen molar-refractivity contribution in [1.82, 2.24) is 10.6 Å². The van der Waals surface area contributed by atoms with E-state index >= 15 is 0 Å². The van der Waals surface area contributed by atoms with Crippen molar-refractivity contribution in [1.29, 1.82) is 0 Å². The lowest BCUT2D eigenvalue weighted by Crippen LogP contribution is -2.56. The summed E-state index contributed by atoms with van der Waals surface area (Å²) in [4.78, 5) is 13.4. The van der Waals surface area contributed by atoms with E-state index in [0.717, 1.165) is 11.1 Å². The summed E-state index contributed by atoms with van der Waals surface area (Å²) in [5.74, 6) is 0.103. The Morgan fingerprint density at radius 1 is 0.731 bits per heavy atom. The number of nitrogens with one attached hydrogen (secondary N) is 2. The van der Waals surface area contributed by atoms with Crippen LogP contribution in [0.3, 0.4) is 0 Å². The third-order valence-electron chi connectivity index (χ3n) is 4.01. The van der Waals surface area contributed by atoms with E-state index in [2.05, 4.69) is 64.3 Å². The highest BCUT2D eigenvalue weighted by Gasteiger charge is 2.34. The summed E-state index contributed by atoms with van der Waals surface area (Å²) in [5.41, 5.74) is 1.51. The van der Waals surface area contributed by atoms with Gasteiger partial charge in [-0.25, -0.2) is 0 Å².